The van der Waals surface area contributed by atoms with Crippen molar-refractivity contribution in [2.45, 2.75) is 25.7 Å². The van der Waals surface area contributed by atoms with Gasteiger partial charge in [0.1, 0.15) is 0 Å². The third-order valence-electron chi connectivity index (χ3n) is 4.52. The van der Waals surface area contributed by atoms with Crippen LogP contribution in [0.15, 0.2) is 0 Å². The number of methoxy groups -OCH3 is 1. The van der Waals surface area contributed by atoms with Crippen molar-refractivity contribution in [3.63, 3.8) is 0 Å². The first kappa shape index (κ1) is 15.2. The summed E-state index contributed by atoms with van der Waals surface area (Å²) in [4.78, 5) is 0. The van der Waals surface area contributed by atoms with Crippen molar-refractivity contribution < 1.29 is 14.2 Å². The highest BCUT2D eigenvalue weighted by atomic mass is 16.5. The Kier molecular flexibility index (Phi) is 7.14. The summed E-state index contributed by atoms with van der Waals surface area (Å²) in [5.74, 6) is 3.01. The minimum Gasteiger partial charge on any atom is -0.382 e. The number of fused-ring (bicyclic) bond motifs is 2. The van der Waals surface area contributed by atoms with Crippen LogP contribution in [-0.2, 0) is 14.2 Å². The van der Waals surface area contributed by atoms with Crippen LogP contribution in [0, 0.1) is 17.8 Å². The van der Waals surface area contributed by atoms with Gasteiger partial charge < -0.3 is 19.5 Å². The van der Waals surface area contributed by atoms with E-state index in [-0.39, 0.29) is 0 Å². The molecule has 0 radical (unpaired) electrons. The Balaban J connectivity index is 1.33. The predicted octanol–water partition coefficient (Wildman–Crippen LogP) is 1.69. The molecular weight excluding hydrogens is 242 g/mol. The average molecular weight is 271 g/mol. The van der Waals surface area contributed by atoms with Gasteiger partial charge in [0, 0.05) is 13.7 Å². The van der Waals surface area contributed by atoms with E-state index < -0.39 is 0 Å². The third-order valence-corrected chi connectivity index (χ3v) is 4.52. The molecule has 3 unspecified atom stereocenters. The van der Waals surface area contributed by atoms with Crippen molar-refractivity contribution in [1.82, 2.24) is 5.32 Å². The normalized spacial score (nSPS) is 29.2. The molecular formula is C15H29NO3. The van der Waals surface area contributed by atoms with Gasteiger partial charge in [-0.1, -0.05) is 6.42 Å². The van der Waals surface area contributed by atoms with Crippen LogP contribution >= 0.6 is 0 Å². The molecule has 0 spiro atoms. The Morgan fingerprint density at radius 2 is 1.74 bits per heavy atom. The smallest absolute Gasteiger partial charge is 0.0701 e. The standard InChI is InChI=1S/C15H29NO3/c1-17-6-7-19-9-8-18-5-4-16-12-15-11-13-2-3-14(15)10-13/h13-16H,2-12H2,1H3. The molecule has 0 amide bonds. The van der Waals surface area contributed by atoms with Crippen molar-refractivity contribution >= 4 is 0 Å². The molecule has 2 aliphatic rings. The lowest BCUT2D eigenvalue weighted by Crippen LogP contribution is -2.29. The minimum atomic E-state index is 0.655. The van der Waals surface area contributed by atoms with Crippen LogP contribution < -0.4 is 5.32 Å². The minimum absolute atomic E-state index is 0.655. The molecule has 1 N–H and O–H groups in total. The fourth-order valence-corrected chi connectivity index (χ4v) is 3.52. The van der Waals surface area contributed by atoms with Crippen molar-refractivity contribution in [2.75, 3.05) is 53.2 Å². The third kappa shape index (κ3) is 5.38. The summed E-state index contributed by atoms with van der Waals surface area (Å²) in [5.41, 5.74) is 0. The summed E-state index contributed by atoms with van der Waals surface area (Å²) in [7, 11) is 1.68. The summed E-state index contributed by atoms with van der Waals surface area (Å²) in [6, 6.07) is 0. The quantitative estimate of drug-likeness (QED) is 0.581. The maximum atomic E-state index is 5.51. The molecule has 0 saturated heterocycles. The van der Waals surface area contributed by atoms with E-state index in [1.807, 2.05) is 0 Å². The summed E-state index contributed by atoms with van der Waals surface area (Å²) >= 11 is 0. The molecule has 2 saturated carbocycles. The van der Waals surface area contributed by atoms with E-state index >= 15 is 0 Å². The van der Waals surface area contributed by atoms with Crippen LogP contribution in [0.25, 0.3) is 0 Å². The van der Waals surface area contributed by atoms with Gasteiger partial charge in [0.05, 0.1) is 33.0 Å². The molecule has 0 aromatic carbocycles. The highest BCUT2D eigenvalue weighted by Crippen LogP contribution is 2.47. The van der Waals surface area contributed by atoms with Crippen LogP contribution in [0.1, 0.15) is 25.7 Å². The van der Waals surface area contributed by atoms with Crippen molar-refractivity contribution in [2.24, 2.45) is 17.8 Å². The molecule has 112 valence electrons. The zero-order valence-electron chi connectivity index (χ0n) is 12.2. The number of nitrogens with one attached hydrogen (secondary N) is 1. The van der Waals surface area contributed by atoms with Gasteiger partial charge in [0.15, 0.2) is 0 Å². The summed E-state index contributed by atoms with van der Waals surface area (Å²) in [6.07, 6.45) is 5.94. The zero-order chi connectivity index (χ0) is 13.3. The molecule has 0 aromatic heterocycles. The fraction of sp³-hybridized carbons (Fsp3) is 1.00. The number of hydrogen-bond acceptors (Lipinski definition) is 4. The average Bonchev–Trinajstić information content (AvgIpc) is 3.03. The van der Waals surface area contributed by atoms with Crippen LogP contribution in [0.5, 0.6) is 0 Å². The van der Waals surface area contributed by atoms with Gasteiger partial charge in [0.25, 0.3) is 0 Å². The zero-order valence-corrected chi connectivity index (χ0v) is 12.2. The van der Waals surface area contributed by atoms with Crippen LogP contribution in [0.2, 0.25) is 0 Å². The van der Waals surface area contributed by atoms with Crippen LogP contribution in [-0.4, -0.2) is 53.2 Å². The Labute approximate surface area is 117 Å². The second-order valence-corrected chi connectivity index (χ2v) is 5.86. The summed E-state index contributed by atoms with van der Waals surface area (Å²) in [6.45, 7) is 5.60. The highest BCUT2D eigenvalue weighted by Gasteiger charge is 2.38. The molecule has 2 rings (SSSR count). The first-order valence-corrected chi connectivity index (χ1v) is 7.75. The summed E-state index contributed by atoms with van der Waals surface area (Å²) < 4.78 is 15.7. The van der Waals surface area contributed by atoms with Crippen molar-refractivity contribution in [3.8, 4) is 0 Å². The fourth-order valence-electron chi connectivity index (χ4n) is 3.52. The molecule has 4 nitrogen and oxygen atoms in total. The van der Waals surface area contributed by atoms with Gasteiger partial charge in [-0.2, -0.15) is 0 Å². The second kappa shape index (κ2) is 8.90. The molecule has 0 heterocycles. The number of rotatable bonds is 11. The first-order chi connectivity index (χ1) is 9.40. The molecule has 19 heavy (non-hydrogen) atoms. The lowest BCUT2D eigenvalue weighted by Gasteiger charge is -2.21. The van der Waals surface area contributed by atoms with Crippen LogP contribution in [0.3, 0.4) is 0 Å². The van der Waals surface area contributed by atoms with Crippen LogP contribution in [0.4, 0.5) is 0 Å². The Bertz CT molecular complexity index is 237. The van der Waals surface area contributed by atoms with E-state index in [1.165, 1.54) is 32.2 Å². The lowest BCUT2D eigenvalue weighted by atomic mass is 9.89. The van der Waals surface area contributed by atoms with Gasteiger partial charge >= 0.3 is 0 Å². The van der Waals surface area contributed by atoms with Gasteiger partial charge in [-0.3, -0.25) is 0 Å². The van der Waals surface area contributed by atoms with Gasteiger partial charge in [-0.05, 0) is 43.6 Å². The van der Waals surface area contributed by atoms with Gasteiger partial charge in [0.2, 0.25) is 0 Å². The molecule has 0 aliphatic heterocycles. The van der Waals surface area contributed by atoms with E-state index in [4.69, 9.17) is 14.2 Å². The molecule has 2 bridgehead atoms. The van der Waals surface area contributed by atoms with E-state index in [0.29, 0.717) is 26.4 Å². The van der Waals surface area contributed by atoms with E-state index in [0.717, 1.165) is 30.9 Å². The predicted molar refractivity (Wildman–Crippen MR) is 75.3 cm³/mol. The van der Waals surface area contributed by atoms with Crippen molar-refractivity contribution in [1.29, 1.82) is 0 Å². The Morgan fingerprint density at radius 1 is 0.947 bits per heavy atom. The number of ether oxygens (including phenoxy) is 3. The first-order valence-electron chi connectivity index (χ1n) is 7.75. The Morgan fingerprint density at radius 3 is 2.42 bits per heavy atom. The number of hydrogen-bond donors (Lipinski definition) is 1. The lowest BCUT2D eigenvalue weighted by molar-refractivity contribution is 0.0254. The van der Waals surface area contributed by atoms with Crippen molar-refractivity contribution in [3.05, 3.63) is 0 Å². The second-order valence-electron chi connectivity index (χ2n) is 5.86. The maximum Gasteiger partial charge on any atom is 0.0701 e. The van der Waals surface area contributed by atoms with E-state index in [2.05, 4.69) is 5.32 Å². The van der Waals surface area contributed by atoms with Gasteiger partial charge in [-0.15, -0.1) is 0 Å². The van der Waals surface area contributed by atoms with E-state index in [1.54, 1.807) is 7.11 Å². The molecule has 4 heteroatoms. The molecule has 0 aromatic rings. The summed E-state index contributed by atoms with van der Waals surface area (Å²) in [5, 5.41) is 3.54. The Hall–Kier alpha value is -0.160. The van der Waals surface area contributed by atoms with E-state index in [9.17, 15) is 0 Å². The highest BCUT2D eigenvalue weighted by molar-refractivity contribution is 4.90. The molecule has 3 atom stereocenters. The molecule has 2 fully saturated rings. The maximum absolute atomic E-state index is 5.51. The molecule has 2 aliphatic carbocycles. The SMILES string of the molecule is COCCOCCOCCNCC1CC2CCC1C2. The largest absolute Gasteiger partial charge is 0.382 e. The van der Waals surface area contributed by atoms with Gasteiger partial charge in [-0.25, -0.2) is 0 Å². The monoisotopic (exact) mass is 271 g/mol. The topological polar surface area (TPSA) is 39.7 Å².